The third kappa shape index (κ3) is 10.2. The maximum Gasteiger partial charge on any atom is 0.0619 e. The van der Waals surface area contributed by atoms with Crippen molar-refractivity contribution in [1.29, 1.82) is 0 Å². The van der Waals surface area contributed by atoms with Gasteiger partial charge in [0.25, 0.3) is 0 Å². The van der Waals surface area contributed by atoms with Crippen LogP contribution < -0.4 is 5.32 Å². The molecule has 0 aliphatic carbocycles. The van der Waals surface area contributed by atoms with E-state index in [0.29, 0.717) is 6.04 Å². The molecular formula is C13H29NO. The fourth-order valence-corrected chi connectivity index (χ4v) is 1.74. The summed E-state index contributed by atoms with van der Waals surface area (Å²) in [4.78, 5) is 0. The lowest BCUT2D eigenvalue weighted by Gasteiger charge is -2.17. The molecule has 0 radical (unpaired) electrons. The number of hydrogen-bond donors (Lipinski definition) is 1. The predicted octanol–water partition coefficient (Wildman–Crippen LogP) is 3.36. The van der Waals surface area contributed by atoms with Gasteiger partial charge >= 0.3 is 0 Å². The number of nitrogens with one attached hydrogen (secondary N) is 1. The minimum atomic E-state index is 0.561. The van der Waals surface area contributed by atoms with Crippen molar-refractivity contribution in [3.8, 4) is 0 Å². The summed E-state index contributed by atoms with van der Waals surface area (Å²) < 4.78 is 5.68. The summed E-state index contributed by atoms with van der Waals surface area (Å²) in [6.07, 6.45) is 7.64. The molecule has 0 amide bonds. The zero-order valence-corrected chi connectivity index (χ0v) is 10.8. The molecule has 1 N–H and O–H groups in total. The van der Waals surface area contributed by atoms with Crippen molar-refractivity contribution in [2.24, 2.45) is 0 Å². The van der Waals surface area contributed by atoms with Gasteiger partial charge in [0.2, 0.25) is 0 Å². The molecule has 0 rings (SSSR count). The Balaban J connectivity index is 3.28. The van der Waals surface area contributed by atoms with Gasteiger partial charge in [0.1, 0.15) is 0 Å². The fourth-order valence-electron chi connectivity index (χ4n) is 1.74. The van der Waals surface area contributed by atoms with Gasteiger partial charge in [0, 0.05) is 12.6 Å². The van der Waals surface area contributed by atoms with Crippen LogP contribution in [-0.2, 0) is 4.74 Å². The molecule has 0 spiro atoms. The first kappa shape index (κ1) is 14.9. The van der Waals surface area contributed by atoms with E-state index in [9.17, 15) is 0 Å². The van der Waals surface area contributed by atoms with E-state index in [4.69, 9.17) is 4.74 Å². The highest BCUT2D eigenvalue weighted by molar-refractivity contribution is 4.63. The molecule has 2 heteroatoms. The summed E-state index contributed by atoms with van der Waals surface area (Å²) in [7, 11) is 0. The predicted molar refractivity (Wildman–Crippen MR) is 67.3 cm³/mol. The Kier molecular flexibility index (Phi) is 11.9. The molecule has 92 valence electrons. The molecule has 0 bridgehead atoms. The summed E-state index contributed by atoms with van der Waals surface area (Å²) in [5.41, 5.74) is 0. The third-order valence-electron chi connectivity index (χ3n) is 2.59. The number of rotatable bonds is 11. The lowest BCUT2D eigenvalue weighted by Crippen LogP contribution is -2.33. The van der Waals surface area contributed by atoms with Gasteiger partial charge in [-0.15, -0.1) is 0 Å². The number of hydrogen-bond acceptors (Lipinski definition) is 2. The lowest BCUT2D eigenvalue weighted by atomic mass is 10.2. The molecule has 0 aliphatic heterocycles. The SMILES string of the molecule is CCCCCCOCC(CCC)NCC. The zero-order chi connectivity index (χ0) is 11.4. The van der Waals surface area contributed by atoms with Crippen LogP contribution in [0.15, 0.2) is 0 Å². The van der Waals surface area contributed by atoms with E-state index in [0.717, 1.165) is 19.8 Å². The van der Waals surface area contributed by atoms with Gasteiger partial charge in [-0.25, -0.2) is 0 Å². The summed E-state index contributed by atoms with van der Waals surface area (Å²) in [5.74, 6) is 0. The van der Waals surface area contributed by atoms with Crippen LogP contribution in [0.3, 0.4) is 0 Å². The Morgan fingerprint density at radius 2 is 1.80 bits per heavy atom. The van der Waals surface area contributed by atoms with E-state index in [-0.39, 0.29) is 0 Å². The van der Waals surface area contributed by atoms with Crippen LogP contribution in [0.2, 0.25) is 0 Å². The minimum Gasteiger partial charge on any atom is -0.380 e. The summed E-state index contributed by atoms with van der Waals surface area (Å²) >= 11 is 0. The van der Waals surface area contributed by atoms with E-state index in [1.807, 2.05) is 0 Å². The summed E-state index contributed by atoms with van der Waals surface area (Å²) in [6.45, 7) is 9.49. The van der Waals surface area contributed by atoms with Crippen LogP contribution in [-0.4, -0.2) is 25.8 Å². The summed E-state index contributed by atoms with van der Waals surface area (Å²) in [6, 6.07) is 0.561. The van der Waals surface area contributed by atoms with Crippen LogP contribution >= 0.6 is 0 Å². The quantitative estimate of drug-likeness (QED) is 0.534. The Morgan fingerprint density at radius 3 is 2.40 bits per heavy atom. The maximum absolute atomic E-state index is 5.68. The van der Waals surface area contributed by atoms with Crippen LogP contribution in [0, 0.1) is 0 Å². The average molecular weight is 215 g/mol. The van der Waals surface area contributed by atoms with Crippen molar-refractivity contribution in [3.05, 3.63) is 0 Å². The van der Waals surface area contributed by atoms with Gasteiger partial charge in [-0.2, -0.15) is 0 Å². The van der Waals surface area contributed by atoms with Crippen molar-refractivity contribution in [3.63, 3.8) is 0 Å². The van der Waals surface area contributed by atoms with E-state index < -0.39 is 0 Å². The molecule has 0 aromatic carbocycles. The molecule has 0 aliphatic rings. The molecular weight excluding hydrogens is 186 g/mol. The third-order valence-corrected chi connectivity index (χ3v) is 2.59. The van der Waals surface area contributed by atoms with Crippen molar-refractivity contribution >= 4 is 0 Å². The fraction of sp³-hybridized carbons (Fsp3) is 1.00. The van der Waals surface area contributed by atoms with Crippen molar-refractivity contribution < 1.29 is 4.74 Å². The molecule has 0 aromatic rings. The van der Waals surface area contributed by atoms with Crippen LogP contribution in [0.5, 0.6) is 0 Å². The molecule has 2 nitrogen and oxygen atoms in total. The molecule has 0 saturated heterocycles. The van der Waals surface area contributed by atoms with E-state index >= 15 is 0 Å². The monoisotopic (exact) mass is 215 g/mol. The number of unbranched alkanes of at least 4 members (excludes halogenated alkanes) is 3. The molecule has 1 unspecified atom stereocenters. The van der Waals surface area contributed by atoms with Crippen LogP contribution in [0.25, 0.3) is 0 Å². The van der Waals surface area contributed by atoms with Crippen molar-refractivity contribution in [1.82, 2.24) is 5.32 Å². The van der Waals surface area contributed by atoms with Gasteiger partial charge in [0.05, 0.1) is 6.61 Å². The van der Waals surface area contributed by atoms with Gasteiger partial charge in [-0.3, -0.25) is 0 Å². The standard InChI is InChI=1S/C13H29NO/c1-4-7-8-9-11-15-12-13(10-5-2)14-6-3/h13-14H,4-12H2,1-3H3. The lowest BCUT2D eigenvalue weighted by molar-refractivity contribution is 0.105. The Morgan fingerprint density at radius 1 is 1.00 bits per heavy atom. The molecule has 1 atom stereocenters. The maximum atomic E-state index is 5.68. The van der Waals surface area contributed by atoms with Crippen LogP contribution in [0.4, 0.5) is 0 Å². The molecule has 15 heavy (non-hydrogen) atoms. The second kappa shape index (κ2) is 12.0. The Labute approximate surface area is 95.8 Å². The average Bonchev–Trinajstić information content (AvgIpc) is 2.24. The van der Waals surface area contributed by atoms with Crippen molar-refractivity contribution in [2.75, 3.05) is 19.8 Å². The number of likely N-dealkylation sites (N-methyl/N-ethyl adjacent to an activating group) is 1. The normalized spacial score (nSPS) is 13.0. The Hall–Kier alpha value is -0.0800. The molecule has 0 saturated carbocycles. The minimum absolute atomic E-state index is 0.561. The first-order valence-electron chi connectivity index (χ1n) is 6.66. The van der Waals surface area contributed by atoms with Gasteiger partial charge in [-0.05, 0) is 19.4 Å². The second-order valence-electron chi connectivity index (χ2n) is 4.18. The van der Waals surface area contributed by atoms with Gasteiger partial charge in [0.15, 0.2) is 0 Å². The zero-order valence-electron chi connectivity index (χ0n) is 10.8. The number of ether oxygens (including phenoxy) is 1. The first-order valence-corrected chi connectivity index (χ1v) is 6.66. The largest absolute Gasteiger partial charge is 0.380 e. The first-order chi connectivity index (χ1) is 7.35. The van der Waals surface area contributed by atoms with E-state index in [1.54, 1.807) is 0 Å². The van der Waals surface area contributed by atoms with E-state index in [1.165, 1.54) is 38.5 Å². The van der Waals surface area contributed by atoms with Crippen molar-refractivity contribution in [2.45, 2.75) is 65.3 Å². The molecule has 0 aromatic heterocycles. The van der Waals surface area contributed by atoms with E-state index in [2.05, 4.69) is 26.1 Å². The van der Waals surface area contributed by atoms with Crippen LogP contribution in [0.1, 0.15) is 59.3 Å². The van der Waals surface area contributed by atoms with Gasteiger partial charge in [-0.1, -0.05) is 46.5 Å². The Bertz CT molecular complexity index is 111. The van der Waals surface area contributed by atoms with Gasteiger partial charge < -0.3 is 10.1 Å². The highest BCUT2D eigenvalue weighted by Gasteiger charge is 2.04. The second-order valence-corrected chi connectivity index (χ2v) is 4.18. The molecule has 0 fully saturated rings. The molecule has 0 heterocycles. The highest BCUT2D eigenvalue weighted by atomic mass is 16.5. The smallest absolute Gasteiger partial charge is 0.0619 e. The topological polar surface area (TPSA) is 21.3 Å². The highest BCUT2D eigenvalue weighted by Crippen LogP contribution is 2.01. The summed E-state index contributed by atoms with van der Waals surface area (Å²) in [5, 5.41) is 3.46.